The number of amides is 3. The van der Waals surface area contributed by atoms with Crippen LogP contribution in [0.5, 0.6) is 34.5 Å². The normalized spacial score (nSPS) is 10.7. The molecule has 736 valence electrons. The number of aryl methyl sites for hydroxylation is 3. The van der Waals surface area contributed by atoms with Gasteiger partial charge in [-0.1, -0.05) is 332 Å². The summed E-state index contributed by atoms with van der Waals surface area (Å²) in [6.45, 7) is 14.7. The molecule has 0 bridgehead atoms. The molecule has 0 spiro atoms. The molecule has 0 saturated heterocycles. The van der Waals surface area contributed by atoms with E-state index in [4.69, 9.17) is 73.9 Å². The number of nitrogens with zero attached hydrogens (tertiary/aromatic N) is 2. The predicted octanol–water partition coefficient (Wildman–Crippen LogP) is 21.7. The van der Waals surface area contributed by atoms with E-state index in [-0.39, 0.29) is 41.3 Å². The number of hydrogen-bond donors (Lipinski definition) is 7. The second-order valence-electron chi connectivity index (χ2n) is 32.2. The third-order valence-corrected chi connectivity index (χ3v) is 23.7. The van der Waals surface area contributed by atoms with Crippen LogP contribution >= 0.6 is 23.2 Å². The number of nitrogens with two attached hydrogens (primary N) is 3. The van der Waals surface area contributed by atoms with Crippen LogP contribution in [-0.4, -0.2) is 152 Å². The third kappa shape index (κ3) is 37.0. The van der Waals surface area contributed by atoms with E-state index >= 15 is 0 Å². The molecule has 12 rings (SSSR count). The number of carboxylic acid groups (broad SMARTS) is 1. The number of aliphatic carboxylic acids is 1. The van der Waals surface area contributed by atoms with E-state index in [9.17, 15) is 24.0 Å². The SMILES string of the molecule is CC.CCCN(CCNC(=O)CCC(=O)O)C(=O)CCc1ccc(OC)c(OC)c1.CCCN(CCNC(c1ccccc1)(c1ccccc1)c1ccccc1)C(=O)CCc1ccc(OC)c(OC)c1.COc1ccc(CCC(=O)Cl)cc1OC.ClC(c1ccccc1)(c1ccccc1)c1ccccc1.NCCCCCN.NCCCCCNC(c1ccccc1)(c1ccccc1)c1ccccc1. The van der Waals surface area contributed by atoms with Crippen molar-refractivity contribution in [3.05, 3.63) is 394 Å². The summed E-state index contributed by atoms with van der Waals surface area (Å²) in [6, 6.07) is 111. The molecule has 0 aliphatic heterocycles. The van der Waals surface area contributed by atoms with Crippen molar-refractivity contribution in [2.75, 3.05) is 108 Å². The summed E-state index contributed by atoms with van der Waals surface area (Å²) in [7, 11) is 9.56. The highest BCUT2D eigenvalue weighted by atomic mass is 35.5. The molecule has 0 heterocycles. The van der Waals surface area contributed by atoms with Gasteiger partial charge in [0.15, 0.2) is 34.5 Å². The van der Waals surface area contributed by atoms with Gasteiger partial charge in [0.25, 0.3) is 0 Å². The van der Waals surface area contributed by atoms with Crippen LogP contribution in [0, 0.1) is 0 Å². The van der Waals surface area contributed by atoms with Gasteiger partial charge >= 0.3 is 5.97 Å². The Hall–Kier alpha value is -12.6. The van der Waals surface area contributed by atoms with Crippen molar-refractivity contribution in [1.29, 1.82) is 0 Å². The van der Waals surface area contributed by atoms with Crippen LogP contribution in [0.1, 0.15) is 178 Å². The lowest BCUT2D eigenvalue weighted by Gasteiger charge is -2.38. The monoisotopic (exact) mass is 1910 g/mol. The maximum Gasteiger partial charge on any atom is 0.303 e. The molecule has 10 N–H and O–H groups in total. The zero-order valence-corrected chi connectivity index (χ0v) is 83.9. The number of rotatable bonds is 48. The number of carbonyl (C=O) groups excluding carboxylic acids is 4. The van der Waals surface area contributed by atoms with Crippen molar-refractivity contribution in [2.45, 2.75) is 146 Å². The summed E-state index contributed by atoms with van der Waals surface area (Å²) >= 11 is 12.4. The summed E-state index contributed by atoms with van der Waals surface area (Å²) in [5, 5.41) is 18.7. The lowest BCUT2D eigenvalue weighted by Crippen LogP contribution is -2.48. The Balaban J connectivity index is 0.000000267. The number of carboxylic acids is 1. The Morgan fingerprint density at radius 3 is 0.841 bits per heavy atom. The zero-order chi connectivity index (χ0) is 99.9. The van der Waals surface area contributed by atoms with Gasteiger partial charge in [-0.3, -0.25) is 34.6 Å². The number of benzene rings is 12. The molecular formula is C116H146Cl2N8O12. The molecule has 0 fully saturated rings. The first kappa shape index (κ1) is 114. The van der Waals surface area contributed by atoms with E-state index in [1.807, 2.05) is 153 Å². The number of carbonyl (C=O) groups is 5. The minimum absolute atomic E-state index is 0.0106. The van der Waals surface area contributed by atoms with E-state index in [0.717, 1.165) is 128 Å². The fourth-order valence-corrected chi connectivity index (χ4v) is 16.4. The fraction of sp³-hybridized carbons (Fsp3) is 0.336. The average Bonchev–Trinajstić information content (AvgIpc) is 0.764. The number of methoxy groups -OCH3 is 6. The Kier molecular flexibility index (Phi) is 54.6. The van der Waals surface area contributed by atoms with Gasteiger partial charge in [0, 0.05) is 65.0 Å². The van der Waals surface area contributed by atoms with Gasteiger partial charge in [0.2, 0.25) is 23.0 Å². The second kappa shape index (κ2) is 66.0. The summed E-state index contributed by atoms with van der Waals surface area (Å²) in [6.07, 6.45) is 11.2. The first-order valence-electron chi connectivity index (χ1n) is 47.9. The Labute approximate surface area is 830 Å². The first-order chi connectivity index (χ1) is 67.3. The Bertz CT molecular complexity index is 5050. The molecule has 0 atom stereocenters. The third-order valence-electron chi connectivity index (χ3n) is 22.9. The maximum atomic E-state index is 13.4. The van der Waals surface area contributed by atoms with Crippen LogP contribution in [0.3, 0.4) is 0 Å². The molecule has 12 aromatic carbocycles. The molecule has 0 saturated carbocycles. The van der Waals surface area contributed by atoms with E-state index in [0.29, 0.717) is 106 Å². The van der Waals surface area contributed by atoms with Crippen molar-refractivity contribution < 1.29 is 57.5 Å². The minimum Gasteiger partial charge on any atom is -0.493 e. The van der Waals surface area contributed by atoms with E-state index in [2.05, 4.69) is 223 Å². The van der Waals surface area contributed by atoms with Gasteiger partial charge in [-0.25, -0.2) is 0 Å². The fourth-order valence-electron chi connectivity index (χ4n) is 15.9. The van der Waals surface area contributed by atoms with E-state index in [1.54, 1.807) is 47.6 Å². The molecule has 0 aliphatic carbocycles. The molecule has 22 heteroatoms. The van der Waals surface area contributed by atoms with Crippen LogP contribution in [0.15, 0.2) is 328 Å². The van der Waals surface area contributed by atoms with Crippen LogP contribution in [0.4, 0.5) is 0 Å². The summed E-state index contributed by atoms with van der Waals surface area (Å²) in [5.41, 5.74) is 28.7. The summed E-state index contributed by atoms with van der Waals surface area (Å²) < 4.78 is 31.5. The Morgan fingerprint density at radius 1 is 0.319 bits per heavy atom. The van der Waals surface area contributed by atoms with Crippen LogP contribution in [-0.2, 0) is 59.2 Å². The van der Waals surface area contributed by atoms with Gasteiger partial charge < -0.3 is 65.8 Å². The van der Waals surface area contributed by atoms with Gasteiger partial charge in [0.1, 0.15) is 4.87 Å². The smallest absolute Gasteiger partial charge is 0.303 e. The average molecular weight is 1920 g/mol. The van der Waals surface area contributed by atoms with E-state index < -0.39 is 16.4 Å². The van der Waals surface area contributed by atoms with E-state index in [1.165, 1.54) is 23.1 Å². The van der Waals surface area contributed by atoms with Crippen molar-refractivity contribution in [3.63, 3.8) is 0 Å². The molecule has 138 heavy (non-hydrogen) atoms. The van der Waals surface area contributed by atoms with Gasteiger partial charge in [0.05, 0.1) is 60.2 Å². The number of hydrogen-bond acceptors (Lipinski definition) is 16. The van der Waals surface area contributed by atoms with Crippen LogP contribution < -0.4 is 61.6 Å². The second-order valence-corrected chi connectivity index (χ2v) is 33.2. The van der Waals surface area contributed by atoms with Crippen molar-refractivity contribution >= 4 is 52.1 Å². The van der Waals surface area contributed by atoms with Gasteiger partial charge in [-0.05, 0) is 199 Å². The topological polar surface area (TPSA) is 282 Å². The van der Waals surface area contributed by atoms with Crippen LogP contribution in [0.25, 0.3) is 0 Å². The minimum atomic E-state index is -1.01. The number of halogens is 2. The molecule has 0 radical (unpaired) electrons. The van der Waals surface area contributed by atoms with Crippen molar-refractivity contribution in [3.8, 4) is 34.5 Å². The lowest BCUT2D eigenvalue weighted by atomic mass is 9.77. The number of ether oxygens (including phenoxy) is 6. The number of alkyl halides is 1. The molecular weight excluding hydrogens is 1770 g/mol. The summed E-state index contributed by atoms with van der Waals surface area (Å²) in [5.74, 6) is 2.82. The quantitative estimate of drug-likeness (QED) is 0.00807. The molecule has 3 amide bonds. The van der Waals surface area contributed by atoms with Crippen molar-refractivity contribution in [1.82, 2.24) is 25.8 Å². The molecule has 0 aromatic heterocycles. The largest absolute Gasteiger partial charge is 0.493 e. The highest BCUT2D eigenvalue weighted by molar-refractivity contribution is 6.63. The number of unbranched alkanes of at least 4 members (excludes halogenated alkanes) is 4. The number of nitrogens with one attached hydrogen (secondary N) is 3. The lowest BCUT2D eigenvalue weighted by molar-refractivity contribution is -0.138. The molecule has 0 aliphatic rings. The molecule has 0 unspecified atom stereocenters. The van der Waals surface area contributed by atoms with Crippen LogP contribution in [0.2, 0.25) is 0 Å². The molecule has 12 aromatic rings. The predicted molar refractivity (Wildman–Crippen MR) is 564 cm³/mol. The highest BCUT2D eigenvalue weighted by Crippen LogP contribution is 2.44. The maximum absolute atomic E-state index is 13.4. The van der Waals surface area contributed by atoms with Gasteiger partial charge in [-0.2, -0.15) is 0 Å². The zero-order valence-electron chi connectivity index (χ0n) is 82.4. The van der Waals surface area contributed by atoms with Crippen molar-refractivity contribution in [2.24, 2.45) is 17.2 Å². The first-order valence-corrected chi connectivity index (χ1v) is 48.7. The highest BCUT2D eigenvalue weighted by Gasteiger charge is 2.38. The summed E-state index contributed by atoms with van der Waals surface area (Å²) in [4.78, 5) is 61.7. The van der Waals surface area contributed by atoms with Gasteiger partial charge in [-0.15, -0.1) is 11.6 Å². The Morgan fingerprint density at radius 2 is 0.580 bits per heavy atom. The standard InChI is InChI=1S/C35H40N2O3.C24H28N2.C20H30N2O6.C19H15Cl.C11H13ClO3.C5H14N2.C2H6/c1-4-25-37(34(38)23-21-28-20-22-32(39-2)33(27-28)40-3)26-24-36-35(29-14-8-5-9-15-29,30-16-10-6-11-17-30)31-18-12-7-13-19-31;25-19-11-4-12-20-26-24(21-13-5-1-6-14-21,22-15-7-2-8-16-22)23-17-9-3-10-18-23;1-4-12-22(13-11-21-18(23)8-10-20(25)26)19(24)9-6-15-5-7-16(27-2)17(14-15)28-3;20-19(16-10-4-1-5-11-16,17-12-6-2-7-13-17)18-14-8-3-9-15-18;1-14-9-5-3-8(4-6-11(12)13)7-10(9)15-2;6-4-2-1-3-5-7;1-2/h5-20,22,27,36H,4,21,23-26H2,1-3H3;1-3,5-10,13-18,26H,4,11-12,19-20,25H2;5,7,14H,4,6,8-13H2,1-3H3,(H,21,23)(H,25,26);1-15H;3,5,7H,4,6H2,1-2H3;1-7H2;1-2H3. The molecule has 20 nitrogen and oxygen atoms in total.